The van der Waals surface area contributed by atoms with E-state index in [0.29, 0.717) is 0 Å². The van der Waals surface area contributed by atoms with E-state index >= 15 is 0 Å². The number of H-pyrrole nitrogens is 1. The van der Waals surface area contributed by atoms with Crippen LogP contribution in [0.25, 0.3) is 11.2 Å². The molecular weight excluding hydrogens is 188 g/mol. The lowest BCUT2D eigenvalue weighted by atomic mass is 10.5. The number of fused-ring (bicyclic) bond motifs is 1. The number of imidazole rings is 1. The van der Waals surface area contributed by atoms with E-state index in [9.17, 15) is 9.70 Å². The Bertz CT molecular complexity index is 518. The Morgan fingerprint density at radius 3 is 2.93 bits per heavy atom. The fraction of sp³-hybridized carbons (Fsp3) is 0. The Morgan fingerprint density at radius 1 is 1.50 bits per heavy atom. The lowest BCUT2D eigenvalue weighted by Gasteiger charge is -1.87. The van der Waals surface area contributed by atoms with Crippen LogP contribution in [0, 0.1) is 4.91 Å². The van der Waals surface area contributed by atoms with Crippen molar-refractivity contribution in [1.29, 1.82) is 0 Å². The van der Waals surface area contributed by atoms with Crippen LogP contribution in [0.5, 0.6) is 0 Å². The largest absolute Gasteiger partial charge is 0.363 e. The van der Waals surface area contributed by atoms with Gasteiger partial charge in [-0.1, -0.05) is 0 Å². The summed E-state index contributed by atoms with van der Waals surface area (Å²) in [5.74, 6) is -0.916. The van der Waals surface area contributed by atoms with Crippen molar-refractivity contribution >= 4 is 22.9 Å². The highest BCUT2D eigenvalue weighted by Gasteiger charge is 2.12. The molecule has 14 heavy (non-hydrogen) atoms. The normalized spacial score (nSPS) is 10.3. The van der Waals surface area contributed by atoms with Crippen LogP contribution in [-0.4, -0.2) is 25.8 Å². The zero-order valence-electron chi connectivity index (χ0n) is 6.76. The van der Waals surface area contributed by atoms with Gasteiger partial charge in [0.25, 0.3) is 5.91 Å². The van der Waals surface area contributed by atoms with Crippen molar-refractivity contribution < 1.29 is 4.79 Å². The molecule has 0 radical (unpaired) electrons. The van der Waals surface area contributed by atoms with Crippen LogP contribution in [0.4, 0.5) is 5.82 Å². The standard InChI is InChI=1S/C6H4N6O2/c7-3(13)6-10-2-4(11-6)8-1-9-5(2)12-14/h1H,(H2,7,13)(H,8,9,10,11). The van der Waals surface area contributed by atoms with E-state index in [1.54, 1.807) is 0 Å². The summed E-state index contributed by atoms with van der Waals surface area (Å²) in [6.45, 7) is 0. The van der Waals surface area contributed by atoms with Gasteiger partial charge < -0.3 is 10.7 Å². The Morgan fingerprint density at radius 2 is 2.29 bits per heavy atom. The molecule has 0 aromatic carbocycles. The second kappa shape index (κ2) is 2.83. The summed E-state index contributed by atoms with van der Waals surface area (Å²) < 4.78 is 0. The molecule has 8 heteroatoms. The number of rotatable bonds is 2. The van der Waals surface area contributed by atoms with Crippen molar-refractivity contribution in [2.24, 2.45) is 10.9 Å². The SMILES string of the molecule is NC(=O)c1nc2ncnc(N=O)c2[nH]1. The number of nitrogens with one attached hydrogen (secondary N) is 1. The zero-order chi connectivity index (χ0) is 10.1. The molecular formula is C6H4N6O2. The second-order valence-corrected chi connectivity index (χ2v) is 2.44. The van der Waals surface area contributed by atoms with E-state index in [-0.39, 0.29) is 22.8 Å². The number of hydrogen-bond acceptors (Lipinski definition) is 6. The van der Waals surface area contributed by atoms with E-state index in [4.69, 9.17) is 5.73 Å². The summed E-state index contributed by atoms with van der Waals surface area (Å²) in [6, 6.07) is 0. The van der Waals surface area contributed by atoms with Gasteiger partial charge in [-0.15, -0.1) is 4.91 Å². The van der Waals surface area contributed by atoms with E-state index in [0.717, 1.165) is 6.33 Å². The van der Waals surface area contributed by atoms with Crippen LogP contribution in [-0.2, 0) is 0 Å². The fourth-order valence-corrected chi connectivity index (χ4v) is 1.00. The maximum Gasteiger partial charge on any atom is 0.284 e. The number of amides is 1. The molecule has 2 rings (SSSR count). The van der Waals surface area contributed by atoms with E-state index < -0.39 is 5.91 Å². The third-order valence-corrected chi connectivity index (χ3v) is 1.59. The Kier molecular flexibility index (Phi) is 1.67. The van der Waals surface area contributed by atoms with Gasteiger partial charge in [0, 0.05) is 0 Å². The average molecular weight is 192 g/mol. The van der Waals surface area contributed by atoms with Crippen LogP contribution in [0.1, 0.15) is 10.6 Å². The molecule has 2 aromatic heterocycles. The van der Waals surface area contributed by atoms with Crippen LogP contribution < -0.4 is 5.73 Å². The first-order valence-electron chi connectivity index (χ1n) is 3.56. The molecule has 2 aromatic rings. The number of nitroso groups, excluding NO2 is 1. The minimum absolute atomic E-state index is 0.0783. The van der Waals surface area contributed by atoms with Crippen molar-refractivity contribution in [3.63, 3.8) is 0 Å². The van der Waals surface area contributed by atoms with Gasteiger partial charge >= 0.3 is 0 Å². The highest BCUT2D eigenvalue weighted by atomic mass is 16.3. The number of carbonyl (C=O) groups is 1. The molecule has 1 amide bonds. The van der Waals surface area contributed by atoms with Gasteiger partial charge in [-0.25, -0.2) is 15.0 Å². The number of hydrogen-bond donors (Lipinski definition) is 2. The monoisotopic (exact) mass is 192 g/mol. The number of aromatic amines is 1. The Labute approximate surface area is 76.5 Å². The van der Waals surface area contributed by atoms with Gasteiger partial charge in [0.05, 0.1) is 0 Å². The quantitative estimate of drug-likeness (QED) is 0.639. The third-order valence-electron chi connectivity index (χ3n) is 1.59. The minimum atomic E-state index is -0.736. The summed E-state index contributed by atoms with van der Waals surface area (Å²) >= 11 is 0. The first kappa shape index (κ1) is 8.23. The summed E-state index contributed by atoms with van der Waals surface area (Å²) in [5.41, 5.74) is 5.37. The summed E-state index contributed by atoms with van der Waals surface area (Å²) in [5, 5.41) is 2.65. The van der Waals surface area contributed by atoms with Crippen LogP contribution >= 0.6 is 0 Å². The summed E-state index contributed by atoms with van der Waals surface area (Å²) in [6.07, 6.45) is 1.13. The van der Waals surface area contributed by atoms with Crippen molar-refractivity contribution in [3.05, 3.63) is 17.1 Å². The number of carbonyl (C=O) groups excluding carboxylic acids is 1. The van der Waals surface area contributed by atoms with Gasteiger partial charge in [0.15, 0.2) is 11.5 Å². The molecule has 0 spiro atoms. The number of nitrogens with zero attached hydrogens (tertiary/aromatic N) is 4. The molecule has 0 saturated heterocycles. The van der Waals surface area contributed by atoms with Gasteiger partial charge in [-0.3, -0.25) is 4.79 Å². The first-order valence-corrected chi connectivity index (χ1v) is 3.56. The summed E-state index contributed by atoms with van der Waals surface area (Å²) in [4.78, 5) is 34.6. The van der Waals surface area contributed by atoms with E-state index in [2.05, 4.69) is 25.1 Å². The second-order valence-electron chi connectivity index (χ2n) is 2.44. The summed E-state index contributed by atoms with van der Waals surface area (Å²) in [7, 11) is 0. The molecule has 0 fully saturated rings. The van der Waals surface area contributed by atoms with Crippen molar-refractivity contribution in [2.45, 2.75) is 0 Å². The van der Waals surface area contributed by atoms with Gasteiger partial charge in [-0.2, -0.15) is 0 Å². The zero-order valence-corrected chi connectivity index (χ0v) is 6.76. The molecule has 0 aliphatic carbocycles. The smallest absolute Gasteiger partial charge is 0.284 e. The number of primary amides is 1. The predicted octanol–water partition coefficient (Wildman–Crippen LogP) is -0.150. The lowest BCUT2D eigenvalue weighted by molar-refractivity contribution is 0.0991. The number of nitrogens with two attached hydrogens (primary N) is 1. The lowest BCUT2D eigenvalue weighted by Crippen LogP contribution is -2.12. The Balaban J connectivity index is 2.76. The maximum absolute atomic E-state index is 10.7. The van der Waals surface area contributed by atoms with Crippen molar-refractivity contribution in [1.82, 2.24) is 19.9 Å². The van der Waals surface area contributed by atoms with Gasteiger partial charge in [0.2, 0.25) is 5.82 Å². The van der Waals surface area contributed by atoms with Crippen molar-refractivity contribution in [2.75, 3.05) is 0 Å². The Hall–Kier alpha value is -2.38. The molecule has 0 aliphatic heterocycles. The highest BCUT2D eigenvalue weighted by Crippen LogP contribution is 2.18. The highest BCUT2D eigenvalue weighted by molar-refractivity contribution is 5.93. The van der Waals surface area contributed by atoms with Gasteiger partial charge in [0.1, 0.15) is 11.8 Å². The fourth-order valence-electron chi connectivity index (χ4n) is 1.00. The third kappa shape index (κ3) is 1.09. The predicted molar refractivity (Wildman–Crippen MR) is 45.7 cm³/mol. The molecule has 70 valence electrons. The molecule has 0 saturated carbocycles. The molecule has 0 bridgehead atoms. The topological polar surface area (TPSA) is 127 Å². The molecule has 2 heterocycles. The first-order chi connectivity index (χ1) is 6.72. The molecule has 8 nitrogen and oxygen atoms in total. The van der Waals surface area contributed by atoms with E-state index in [1.807, 2.05) is 0 Å². The molecule has 0 unspecified atom stereocenters. The van der Waals surface area contributed by atoms with Crippen LogP contribution in [0.15, 0.2) is 11.5 Å². The molecule has 0 aliphatic rings. The maximum atomic E-state index is 10.7. The van der Waals surface area contributed by atoms with Crippen LogP contribution in [0.2, 0.25) is 0 Å². The van der Waals surface area contributed by atoms with E-state index in [1.165, 1.54) is 0 Å². The van der Waals surface area contributed by atoms with Crippen molar-refractivity contribution in [3.8, 4) is 0 Å². The minimum Gasteiger partial charge on any atom is -0.363 e. The average Bonchev–Trinajstić information content (AvgIpc) is 2.60. The van der Waals surface area contributed by atoms with Gasteiger partial charge in [-0.05, 0) is 5.18 Å². The molecule has 0 atom stereocenters. The van der Waals surface area contributed by atoms with Crippen LogP contribution in [0.3, 0.4) is 0 Å². The molecule has 3 N–H and O–H groups in total. The number of aromatic nitrogens is 4.